The van der Waals surface area contributed by atoms with E-state index in [0.29, 0.717) is 23.0 Å². The van der Waals surface area contributed by atoms with Crippen LogP contribution in [-0.4, -0.2) is 36.4 Å². The molecule has 0 saturated carbocycles. The fourth-order valence-corrected chi connectivity index (χ4v) is 4.09. The normalized spacial score (nSPS) is 11.5. The number of hydrogen-bond donors (Lipinski definition) is 1. The summed E-state index contributed by atoms with van der Waals surface area (Å²) in [5, 5.41) is 3.82. The second-order valence-electron chi connectivity index (χ2n) is 8.29. The zero-order chi connectivity index (χ0) is 25.2. The highest BCUT2D eigenvalue weighted by molar-refractivity contribution is 6.42. The van der Waals surface area contributed by atoms with Crippen LogP contribution in [0.5, 0.6) is 5.75 Å². The molecule has 3 aromatic rings. The molecule has 0 heterocycles. The highest BCUT2D eigenvalue weighted by Crippen LogP contribution is 2.25. The van der Waals surface area contributed by atoms with Gasteiger partial charge in [0, 0.05) is 19.5 Å². The lowest BCUT2D eigenvalue weighted by atomic mass is 10.0. The fraction of sp³-hybridized carbons (Fsp3) is 0.286. The molecule has 0 aliphatic heterocycles. The van der Waals surface area contributed by atoms with Crippen LogP contribution in [0.15, 0.2) is 72.8 Å². The highest BCUT2D eigenvalue weighted by Gasteiger charge is 2.30. The maximum Gasteiger partial charge on any atom is 0.243 e. The summed E-state index contributed by atoms with van der Waals surface area (Å²) in [7, 11) is 1.60. The molecule has 0 unspecified atom stereocenters. The van der Waals surface area contributed by atoms with Crippen LogP contribution in [-0.2, 0) is 29.0 Å². The molecule has 0 fully saturated rings. The Morgan fingerprint density at radius 1 is 0.914 bits per heavy atom. The topological polar surface area (TPSA) is 58.6 Å². The Morgan fingerprint density at radius 3 is 2.23 bits per heavy atom. The third kappa shape index (κ3) is 7.74. The van der Waals surface area contributed by atoms with E-state index in [4.69, 9.17) is 27.9 Å². The number of methoxy groups -OCH3 is 1. The molecule has 184 valence electrons. The summed E-state index contributed by atoms with van der Waals surface area (Å²) in [6.45, 7) is 2.76. The van der Waals surface area contributed by atoms with Crippen LogP contribution < -0.4 is 10.1 Å². The van der Waals surface area contributed by atoms with Crippen molar-refractivity contribution in [1.82, 2.24) is 10.2 Å². The van der Waals surface area contributed by atoms with Gasteiger partial charge < -0.3 is 15.0 Å². The maximum absolute atomic E-state index is 13.7. The van der Waals surface area contributed by atoms with Crippen molar-refractivity contribution in [3.63, 3.8) is 0 Å². The molecule has 0 aliphatic rings. The van der Waals surface area contributed by atoms with E-state index in [1.165, 1.54) is 0 Å². The van der Waals surface area contributed by atoms with E-state index in [2.05, 4.69) is 5.32 Å². The largest absolute Gasteiger partial charge is 0.497 e. The first-order chi connectivity index (χ1) is 16.9. The minimum absolute atomic E-state index is 0.150. The predicted molar refractivity (Wildman–Crippen MR) is 141 cm³/mol. The first-order valence-electron chi connectivity index (χ1n) is 11.6. The van der Waals surface area contributed by atoms with Gasteiger partial charge in [-0.2, -0.15) is 0 Å². The Kier molecular flexibility index (Phi) is 10.0. The van der Waals surface area contributed by atoms with Crippen molar-refractivity contribution in [3.8, 4) is 5.75 Å². The fourth-order valence-electron chi connectivity index (χ4n) is 3.77. The number of halogens is 2. The summed E-state index contributed by atoms with van der Waals surface area (Å²) in [6, 6.07) is 21.6. The predicted octanol–water partition coefficient (Wildman–Crippen LogP) is 5.71. The van der Waals surface area contributed by atoms with E-state index < -0.39 is 6.04 Å². The Hall–Kier alpha value is -3.02. The van der Waals surface area contributed by atoms with Gasteiger partial charge in [-0.05, 0) is 47.4 Å². The van der Waals surface area contributed by atoms with E-state index in [0.717, 1.165) is 28.9 Å². The van der Waals surface area contributed by atoms with Gasteiger partial charge in [-0.15, -0.1) is 0 Å². The number of carbonyl (C=O) groups excluding carboxylic acids is 2. The molecule has 1 atom stereocenters. The first-order valence-corrected chi connectivity index (χ1v) is 12.3. The van der Waals surface area contributed by atoms with Crippen LogP contribution in [0.1, 0.15) is 30.0 Å². The molecule has 3 rings (SSSR count). The molecular formula is C28H30Cl2N2O3. The molecule has 0 saturated heterocycles. The van der Waals surface area contributed by atoms with Crippen LogP contribution in [0.4, 0.5) is 0 Å². The van der Waals surface area contributed by atoms with Crippen LogP contribution in [0.2, 0.25) is 10.0 Å². The van der Waals surface area contributed by atoms with Gasteiger partial charge in [-0.25, -0.2) is 0 Å². The van der Waals surface area contributed by atoms with E-state index in [1.54, 1.807) is 24.1 Å². The van der Waals surface area contributed by atoms with Crippen molar-refractivity contribution >= 4 is 35.0 Å². The third-order valence-electron chi connectivity index (χ3n) is 5.67. The van der Waals surface area contributed by atoms with E-state index >= 15 is 0 Å². The van der Waals surface area contributed by atoms with Gasteiger partial charge in [-0.1, -0.05) is 78.7 Å². The van der Waals surface area contributed by atoms with Gasteiger partial charge in [0.15, 0.2) is 0 Å². The summed E-state index contributed by atoms with van der Waals surface area (Å²) >= 11 is 12.4. The van der Waals surface area contributed by atoms with Gasteiger partial charge in [0.25, 0.3) is 0 Å². The zero-order valence-corrected chi connectivity index (χ0v) is 21.5. The second kappa shape index (κ2) is 13.2. The molecule has 1 N–H and O–H groups in total. The Labute approximate surface area is 217 Å². The minimum Gasteiger partial charge on any atom is -0.497 e. The average molecular weight is 513 g/mol. The van der Waals surface area contributed by atoms with Crippen LogP contribution in [0.25, 0.3) is 0 Å². The number of nitrogens with zero attached hydrogens (tertiary/aromatic N) is 1. The van der Waals surface area contributed by atoms with E-state index in [1.807, 2.05) is 67.6 Å². The molecule has 0 radical (unpaired) electrons. The van der Waals surface area contributed by atoms with Gasteiger partial charge in [-0.3, -0.25) is 9.59 Å². The molecule has 0 aliphatic carbocycles. The second-order valence-corrected chi connectivity index (χ2v) is 9.11. The number of rotatable bonds is 11. The van der Waals surface area contributed by atoms with E-state index in [-0.39, 0.29) is 24.8 Å². The SMILES string of the molecule is CCCNC(=O)[C@@H](Cc1ccccc1)N(Cc1ccc(Cl)c(Cl)c1)C(=O)Cc1ccc(OC)cc1. The first kappa shape index (κ1) is 26.6. The maximum atomic E-state index is 13.7. The monoisotopic (exact) mass is 512 g/mol. The quantitative estimate of drug-likeness (QED) is 0.357. The number of carbonyl (C=O) groups is 2. The van der Waals surface area contributed by atoms with Crippen LogP contribution in [0, 0.1) is 0 Å². The molecule has 7 heteroatoms. The molecule has 3 aromatic carbocycles. The summed E-state index contributed by atoms with van der Waals surface area (Å²) in [5.41, 5.74) is 2.60. The van der Waals surface area contributed by atoms with Crippen molar-refractivity contribution in [3.05, 3.63) is 99.5 Å². The van der Waals surface area contributed by atoms with Gasteiger partial charge >= 0.3 is 0 Å². The van der Waals surface area contributed by atoms with Crippen LogP contribution in [0.3, 0.4) is 0 Å². The van der Waals surface area contributed by atoms with Gasteiger partial charge in [0.1, 0.15) is 11.8 Å². The minimum atomic E-state index is -0.691. The van der Waals surface area contributed by atoms with Crippen molar-refractivity contribution in [2.75, 3.05) is 13.7 Å². The lowest BCUT2D eigenvalue weighted by Crippen LogP contribution is -2.51. The van der Waals surface area contributed by atoms with Gasteiger partial charge in [0.05, 0.1) is 23.6 Å². The van der Waals surface area contributed by atoms with Crippen LogP contribution >= 0.6 is 23.2 Å². The number of ether oxygens (including phenoxy) is 1. The Balaban J connectivity index is 1.95. The van der Waals surface area contributed by atoms with Crippen molar-refractivity contribution in [1.29, 1.82) is 0 Å². The number of amides is 2. The summed E-state index contributed by atoms with van der Waals surface area (Å²) in [4.78, 5) is 28.7. The zero-order valence-electron chi connectivity index (χ0n) is 20.0. The summed E-state index contributed by atoms with van der Waals surface area (Å²) in [6.07, 6.45) is 1.35. The Bertz CT molecular complexity index is 1120. The molecule has 35 heavy (non-hydrogen) atoms. The highest BCUT2D eigenvalue weighted by atomic mass is 35.5. The number of nitrogens with one attached hydrogen (secondary N) is 1. The summed E-state index contributed by atoms with van der Waals surface area (Å²) < 4.78 is 5.22. The molecule has 0 spiro atoms. The standard InChI is InChI=1S/C28H30Cl2N2O3/c1-3-15-31-28(34)26(17-20-7-5-4-6-8-20)32(19-22-11-14-24(29)25(30)16-22)27(33)18-21-9-12-23(35-2)13-10-21/h4-14,16,26H,3,15,17-19H2,1-2H3,(H,31,34)/t26-/m1/s1. The lowest BCUT2D eigenvalue weighted by molar-refractivity contribution is -0.140. The molecular weight excluding hydrogens is 483 g/mol. The van der Waals surface area contributed by atoms with Crippen molar-refractivity contribution in [2.24, 2.45) is 0 Å². The smallest absolute Gasteiger partial charge is 0.243 e. The number of hydrogen-bond acceptors (Lipinski definition) is 3. The average Bonchev–Trinajstić information content (AvgIpc) is 2.87. The lowest BCUT2D eigenvalue weighted by Gasteiger charge is -2.32. The van der Waals surface area contributed by atoms with Crippen molar-refractivity contribution < 1.29 is 14.3 Å². The molecule has 5 nitrogen and oxygen atoms in total. The molecule has 0 aromatic heterocycles. The third-order valence-corrected chi connectivity index (χ3v) is 6.41. The molecule has 0 bridgehead atoms. The Morgan fingerprint density at radius 2 is 1.60 bits per heavy atom. The molecule has 2 amide bonds. The van der Waals surface area contributed by atoms with E-state index in [9.17, 15) is 9.59 Å². The van der Waals surface area contributed by atoms with Crippen molar-refractivity contribution in [2.45, 2.75) is 38.8 Å². The van der Waals surface area contributed by atoms with Gasteiger partial charge in [0.2, 0.25) is 11.8 Å². The summed E-state index contributed by atoms with van der Waals surface area (Å²) in [5.74, 6) is 0.377. The number of benzene rings is 3.